The molecule has 1 unspecified atom stereocenters. The molecular formula is C18H24N2OS2. The van der Waals surface area contributed by atoms with E-state index in [9.17, 15) is 4.79 Å². The van der Waals surface area contributed by atoms with Crippen LogP contribution in [-0.4, -0.2) is 29.4 Å². The number of hydrogen-bond acceptors (Lipinski definition) is 4. The van der Waals surface area contributed by atoms with E-state index in [-0.39, 0.29) is 17.5 Å². The Morgan fingerprint density at radius 1 is 1.35 bits per heavy atom. The number of nitrogens with zero attached hydrogens (tertiary/aromatic N) is 1. The molecule has 0 aliphatic carbocycles. The van der Waals surface area contributed by atoms with Crippen molar-refractivity contribution >= 4 is 28.6 Å². The Morgan fingerprint density at radius 2 is 2.17 bits per heavy atom. The van der Waals surface area contributed by atoms with Crippen molar-refractivity contribution in [3.63, 3.8) is 0 Å². The largest absolute Gasteiger partial charge is 0.350 e. The molecule has 1 aliphatic heterocycles. The Bertz CT molecular complexity index is 660. The topological polar surface area (TPSA) is 32.3 Å². The standard InChI is InChI=1S/C18H24N2OS2/c1-4-18(2,3)19-16(21)12-20-9-7-14-13(8-11-23-14)17(20)15-6-5-10-22-15/h5-6,8,10-11,17H,4,7,9,12H2,1-3H3,(H,19,21). The Morgan fingerprint density at radius 3 is 2.87 bits per heavy atom. The predicted octanol–water partition coefficient (Wildman–Crippen LogP) is 4.06. The van der Waals surface area contributed by atoms with Crippen LogP contribution in [0.4, 0.5) is 0 Å². The van der Waals surface area contributed by atoms with Crippen molar-refractivity contribution in [1.29, 1.82) is 0 Å². The summed E-state index contributed by atoms with van der Waals surface area (Å²) in [7, 11) is 0. The maximum atomic E-state index is 12.5. The number of thiophene rings is 2. The summed E-state index contributed by atoms with van der Waals surface area (Å²) in [5, 5.41) is 7.46. The van der Waals surface area contributed by atoms with Gasteiger partial charge in [-0.3, -0.25) is 9.69 Å². The van der Waals surface area contributed by atoms with Gasteiger partial charge in [-0.1, -0.05) is 13.0 Å². The lowest BCUT2D eigenvalue weighted by Crippen LogP contribution is -2.49. The van der Waals surface area contributed by atoms with Gasteiger partial charge in [0.15, 0.2) is 0 Å². The summed E-state index contributed by atoms with van der Waals surface area (Å²) >= 11 is 3.61. The van der Waals surface area contributed by atoms with Crippen LogP contribution in [-0.2, 0) is 11.2 Å². The predicted molar refractivity (Wildman–Crippen MR) is 98.3 cm³/mol. The van der Waals surface area contributed by atoms with Crippen molar-refractivity contribution in [2.24, 2.45) is 0 Å². The van der Waals surface area contributed by atoms with Gasteiger partial charge in [-0.15, -0.1) is 22.7 Å². The van der Waals surface area contributed by atoms with E-state index < -0.39 is 0 Å². The summed E-state index contributed by atoms with van der Waals surface area (Å²) in [6.45, 7) is 7.66. The Kier molecular flexibility index (Phi) is 4.90. The van der Waals surface area contributed by atoms with Gasteiger partial charge in [0.1, 0.15) is 0 Å². The molecular weight excluding hydrogens is 324 g/mol. The van der Waals surface area contributed by atoms with E-state index in [2.05, 4.69) is 59.9 Å². The first-order valence-corrected chi connectivity index (χ1v) is 9.91. The van der Waals surface area contributed by atoms with Gasteiger partial charge >= 0.3 is 0 Å². The van der Waals surface area contributed by atoms with Gasteiger partial charge in [-0.2, -0.15) is 0 Å². The third-order valence-corrected chi connectivity index (χ3v) is 6.51. The monoisotopic (exact) mass is 348 g/mol. The zero-order valence-electron chi connectivity index (χ0n) is 14.0. The summed E-state index contributed by atoms with van der Waals surface area (Å²) in [4.78, 5) is 17.6. The summed E-state index contributed by atoms with van der Waals surface area (Å²) in [6.07, 6.45) is 1.97. The van der Waals surface area contributed by atoms with Crippen molar-refractivity contribution in [1.82, 2.24) is 10.2 Å². The average Bonchev–Trinajstić information content (AvgIpc) is 3.17. The number of hydrogen-bond donors (Lipinski definition) is 1. The maximum absolute atomic E-state index is 12.5. The molecule has 0 aromatic carbocycles. The highest BCUT2D eigenvalue weighted by atomic mass is 32.1. The van der Waals surface area contributed by atoms with Gasteiger partial charge < -0.3 is 5.32 Å². The third-order valence-electron chi connectivity index (χ3n) is 4.59. The first kappa shape index (κ1) is 16.7. The summed E-state index contributed by atoms with van der Waals surface area (Å²) in [5.74, 6) is 0.122. The van der Waals surface area contributed by atoms with Crippen LogP contribution in [0.5, 0.6) is 0 Å². The number of amides is 1. The van der Waals surface area contributed by atoms with Crippen molar-refractivity contribution in [3.8, 4) is 0 Å². The Balaban J connectivity index is 1.80. The summed E-state index contributed by atoms with van der Waals surface area (Å²) in [5.41, 5.74) is 1.24. The fraction of sp³-hybridized carbons (Fsp3) is 0.500. The van der Waals surface area contributed by atoms with E-state index in [0.29, 0.717) is 6.54 Å². The second-order valence-corrected chi connectivity index (χ2v) is 8.70. The van der Waals surface area contributed by atoms with E-state index in [4.69, 9.17) is 0 Å². The van der Waals surface area contributed by atoms with Crippen LogP contribution in [0.3, 0.4) is 0 Å². The van der Waals surface area contributed by atoms with Crippen LogP contribution in [0, 0.1) is 0 Å². The van der Waals surface area contributed by atoms with Crippen LogP contribution in [0.25, 0.3) is 0 Å². The van der Waals surface area contributed by atoms with Gasteiger partial charge in [0, 0.05) is 21.8 Å². The first-order chi connectivity index (χ1) is 11.0. The molecule has 0 bridgehead atoms. The molecule has 1 N–H and O–H groups in total. The summed E-state index contributed by atoms with van der Waals surface area (Å²) in [6, 6.07) is 6.73. The highest BCUT2D eigenvalue weighted by Gasteiger charge is 2.32. The third kappa shape index (κ3) is 3.67. The van der Waals surface area contributed by atoms with Crippen LogP contribution >= 0.6 is 22.7 Å². The molecule has 0 fully saturated rings. The molecule has 0 saturated carbocycles. The lowest BCUT2D eigenvalue weighted by Gasteiger charge is -2.36. The second-order valence-electron chi connectivity index (χ2n) is 6.72. The molecule has 3 nitrogen and oxygen atoms in total. The minimum Gasteiger partial charge on any atom is -0.350 e. The van der Waals surface area contributed by atoms with E-state index in [1.165, 1.54) is 15.3 Å². The maximum Gasteiger partial charge on any atom is 0.234 e. The van der Waals surface area contributed by atoms with Crippen molar-refractivity contribution in [3.05, 3.63) is 44.3 Å². The molecule has 1 atom stereocenters. The molecule has 0 radical (unpaired) electrons. The number of nitrogens with one attached hydrogen (secondary N) is 1. The van der Waals surface area contributed by atoms with Crippen LogP contribution < -0.4 is 5.32 Å². The average molecular weight is 349 g/mol. The molecule has 2 aromatic heterocycles. The Hall–Kier alpha value is -1.17. The van der Waals surface area contributed by atoms with Gasteiger partial charge in [0.05, 0.1) is 12.6 Å². The first-order valence-electron chi connectivity index (χ1n) is 8.15. The highest BCUT2D eigenvalue weighted by molar-refractivity contribution is 7.10. The quantitative estimate of drug-likeness (QED) is 0.884. The zero-order valence-corrected chi connectivity index (χ0v) is 15.6. The minimum atomic E-state index is -0.140. The van der Waals surface area contributed by atoms with Crippen LogP contribution in [0.2, 0.25) is 0 Å². The summed E-state index contributed by atoms with van der Waals surface area (Å²) < 4.78 is 0. The number of fused-ring (bicyclic) bond motifs is 1. The smallest absolute Gasteiger partial charge is 0.234 e. The second kappa shape index (κ2) is 6.75. The number of carbonyl (C=O) groups is 1. The molecule has 23 heavy (non-hydrogen) atoms. The molecule has 1 aliphatic rings. The fourth-order valence-corrected chi connectivity index (χ4v) is 4.79. The highest BCUT2D eigenvalue weighted by Crippen LogP contribution is 2.39. The SMILES string of the molecule is CCC(C)(C)NC(=O)CN1CCc2sccc2C1c1cccs1. The normalized spacial score (nSPS) is 18.7. The van der Waals surface area contributed by atoms with E-state index in [1.807, 2.05) is 11.3 Å². The molecule has 2 aromatic rings. The molecule has 124 valence electrons. The molecule has 3 heterocycles. The lowest BCUT2D eigenvalue weighted by atomic mass is 9.98. The van der Waals surface area contributed by atoms with Gasteiger partial charge in [-0.05, 0) is 55.1 Å². The van der Waals surface area contributed by atoms with E-state index in [0.717, 1.165) is 19.4 Å². The van der Waals surface area contributed by atoms with E-state index in [1.54, 1.807) is 11.3 Å². The minimum absolute atomic E-state index is 0.122. The van der Waals surface area contributed by atoms with Gasteiger partial charge in [0.25, 0.3) is 0 Å². The van der Waals surface area contributed by atoms with Crippen LogP contribution in [0.1, 0.15) is 48.6 Å². The lowest BCUT2D eigenvalue weighted by molar-refractivity contribution is -0.124. The van der Waals surface area contributed by atoms with Gasteiger partial charge in [0.2, 0.25) is 5.91 Å². The molecule has 0 spiro atoms. The molecule has 5 heteroatoms. The number of rotatable bonds is 5. The molecule has 3 rings (SSSR count). The van der Waals surface area contributed by atoms with Crippen molar-refractivity contribution in [2.75, 3.05) is 13.1 Å². The number of carbonyl (C=O) groups excluding carboxylic acids is 1. The van der Waals surface area contributed by atoms with Crippen molar-refractivity contribution < 1.29 is 4.79 Å². The van der Waals surface area contributed by atoms with E-state index >= 15 is 0 Å². The zero-order chi connectivity index (χ0) is 16.4. The van der Waals surface area contributed by atoms with Gasteiger partial charge in [-0.25, -0.2) is 0 Å². The van der Waals surface area contributed by atoms with Crippen molar-refractivity contribution in [2.45, 2.75) is 45.2 Å². The molecule has 1 amide bonds. The fourth-order valence-electron chi connectivity index (χ4n) is 3.01. The Labute approximate surface area is 146 Å². The molecule has 0 saturated heterocycles. The van der Waals surface area contributed by atoms with Crippen LogP contribution in [0.15, 0.2) is 29.0 Å².